The molecule has 0 saturated heterocycles. The number of hydrogen-bond acceptors (Lipinski definition) is 3. The molecule has 4 nitrogen and oxygen atoms in total. The molecule has 2 rings (SSSR count). The minimum atomic E-state index is -0.331. The number of anilines is 1. The summed E-state index contributed by atoms with van der Waals surface area (Å²) in [7, 11) is 0. The van der Waals surface area contributed by atoms with E-state index in [0.29, 0.717) is 5.69 Å². The van der Waals surface area contributed by atoms with Crippen LogP contribution in [0.5, 0.6) is 5.75 Å². The first-order valence-corrected chi connectivity index (χ1v) is 9.24. The van der Waals surface area contributed by atoms with Crippen LogP contribution in [0.4, 0.5) is 5.69 Å². The second-order valence-corrected chi connectivity index (χ2v) is 6.81. The van der Waals surface area contributed by atoms with E-state index in [9.17, 15) is 10.0 Å². The summed E-state index contributed by atoms with van der Waals surface area (Å²) in [6.07, 6.45) is 1.22. The number of benzene rings is 2. The first-order chi connectivity index (χ1) is 12.4. The Morgan fingerprint density at radius 1 is 1.19 bits per heavy atom. The predicted molar refractivity (Wildman–Crippen MR) is 105 cm³/mol. The summed E-state index contributed by atoms with van der Waals surface area (Å²) in [4.78, 5) is 12.1. The number of carbonyl (C=O) groups is 1. The summed E-state index contributed by atoms with van der Waals surface area (Å²) >= 11 is 0. The van der Waals surface area contributed by atoms with Crippen LogP contribution in [0.25, 0.3) is 0 Å². The van der Waals surface area contributed by atoms with Gasteiger partial charge in [0.25, 0.3) is 0 Å². The van der Waals surface area contributed by atoms with E-state index in [-0.39, 0.29) is 24.9 Å². The van der Waals surface area contributed by atoms with Crippen LogP contribution in [-0.2, 0) is 17.8 Å². The van der Waals surface area contributed by atoms with E-state index in [4.69, 9.17) is 4.74 Å². The lowest BCUT2D eigenvalue weighted by Gasteiger charge is -2.23. The zero-order chi connectivity index (χ0) is 19.3. The van der Waals surface area contributed by atoms with Gasteiger partial charge in [0, 0.05) is 12.0 Å². The SMILES string of the molecule is CCC(=O)N(O)c1c(COc2ccc(CC)cc2C)cccc1C(C)C. The fourth-order valence-electron chi connectivity index (χ4n) is 2.98. The summed E-state index contributed by atoms with van der Waals surface area (Å²) < 4.78 is 6.01. The minimum Gasteiger partial charge on any atom is -0.489 e. The number of para-hydroxylation sites is 1. The van der Waals surface area contributed by atoms with Crippen LogP contribution in [0.3, 0.4) is 0 Å². The van der Waals surface area contributed by atoms with Crippen molar-refractivity contribution in [1.29, 1.82) is 0 Å². The summed E-state index contributed by atoms with van der Waals surface area (Å²) in [5.74, 6) is 0.659. The lowest BCUT2D eigenvalue weighted by atomic mass is 9.97. The van der Waals surface area contributed by atoms with E-state index in [2.05, 4.69) is 19.1 Å². The van der Waals surface area contributed by atoms with E-state index < -0.39 is 0 Å². The third-order valence-electron chi connectivity index (χ3n) is 4.55. The average Bonchev–Trinajstić information content (AvgIpc) is 2.65. The van der Waals surface area contributed by atoms with Crippen LogP contribution in [0, 0.1) is 6.92 Å². The van der Waals surface area contributed by atoms with E-state index in [1.54, 1.807) is 6.92 Å². The van der Waals surface area contributed by atoms with Gasteiger partial charge in [-0.3, -0.25) is 10.0 Å². The highest BCUT2D eigenvalue weighted by Crippen LogP contribution is 2.32. The van der Waals surface area contributed by atoms with Gasteiger partial charge in [-0.2, -0.15) is 5.06 Å². The number of carbonyl (C=O) groups excluding carboxylic acids is 1. The highest BCUT2D eigenvalue weighted by Gasteiger charge is 2.21. The number of nitrogens with zero attached hydrogens (tertiary/aromatic N) is 1. The van der Waals surface area contributed by atoms with Crippen molar-refractivity contribution in [2.45, 2.75) is 60.0 Å². The van der Waals surface area contributed by atoms with E-state index >= 15 is 0 Å². The molecule has 0 atom stereocenters. The fraction of sp³-hybridized carbons (Fsp3) is 0.409. The van der Waals surface area contributed by atoms with Gasteiger partial charge in [0.2, 0.25) is 5.91 Å². The Bertz CT molecular complexity index is 768. The number of rotatable bonds is 7. The van der Waals surface area contributed by atoms with Crippen LogP contribution in [-0.4, -0.2) is 11.1 Å². The summed E-state index contributed by atoms with van der Waals surface area (Å²) in [6, 6.07) is 11.9. The van der Waals surface area contributed by atoms with Crippen LogP contribution in [0.15, 0.2) is 36.4 Å². The molecular formula is C22H29NO3. The van der Waals surface area contributed by atoms with Crippen molar-refractivity contribution in [2.24, 2.45) is 0 Å². The number of amides is 1. The fourth-order valence-corrected chi connectivity index (χ4v) is 2.98. The van der Waals surface area contributed by atoms with Gasteiger partial charge in [0.15, 0.2) is 0 Å². The van der Waals surface area contributed by atoms with Crippen molar-refractivity contribution in [1.82, 2.24) is 0 Å². The monoisotopic (exact) mass is 355 g/mol. The van der Waals surface area contributed by atoms with Gasteiger partial charge < -0.3 is 4.74 Å². The molecule has 4 heteroatoms. The van der Waals surface area contributed by atoms with Crippen LogP contribution < -0.4 is 9.80 Å². The molecule has 0 saturated carbocycles. The van der Waals surface area contributed by atoms with Crippen molar-refractivity contribution in [3.8, 4) is 5.75 Å². The number of hydrogen-bond donors (Lipinski definition) is 1. The molecule has 140 valence electrons. The Morgan fingerprint density at radius 2 is 1.92 bits per heavy atom. The first-order valence-electron chi connectivity index (χ1n) is 9.24. The van der Waals surface area contributed by atoms with Gasteiger partial charge in [0.05, 0.1) is 5.69 Å². The molecule has 0 fully saturated rings. The molecule has 1 N–H and O–H groups in total. The topological polar surface area (TPSA) is 49.8 Å². The molecule has 0 aromatic heterocycles. The number of ether oxygens (including phenoxy) is 1. The Hall–Kier alpha value is -2.33. The molecule has 2 aromatic carbocycles. The van der Waals surface area contributed by atoms with E-state index in [1.165, 1.54) is 5.56 Å². The zero-order valence-electron chi connectivity index (χ0n) is 16.4. The minimum absolute atomic E-state index is 0.176. The van der Waals surface area contributed by atoms with Crippen LogP contribution >= 0.6 is 0 Å². The van der Waals surface area contributed by atoms with Gasteiger partial charge in [-0.15, -0.1) is 0 Å². The molecule has 1 amide bonds. The van der Waals surface area contributed by atoms with E-state index in [0.717, 1.165) is 33.9 Å². The molecule has 2 aromatic rings. The summed E-state index contributed by atoms with van der Waals surface area (Å²) in [5.41, 5.74) is 4.61. The van der Waals surface area contributed by atoms with Gasteiger partial charge in [0.1, 0.15) is 12.4 Å². The molecule has 0 aliphatic rings. The number of hydroxylamine groups is 1. The highest BCUT2D eigenvalue weighted by molar-refractivity contribution is 5.92. The van der Waals surface area contributed by atoms with E-state index in [1.807, 2.05) is 45.0 Å². The van der Waals surface area contributed by atoms with Crippen LogP contribution in [0.1, 0.15) is 62.3 Å². The maximum Gasteiger partial charge on any atom is 0.250 e. The molecule has 0 aliphatic heterocycles. The molecular weight excluding hydrogens is 326 g/mol. The molecule has 0 bridgehead atoms. The quantitative estimate of drug-likeness (QED) is 0.535. The van der Waals surface area contributed by atoms with Gasteiger partial charge >= 0.3 is 0 Å². The smallest absolute Gasteiger partial charge is 0.250 e. The summed E-state index contributed by atoms with van der Waals surface area (Å²) in [5, 5.41) is 11.2. The van der Waals surface area contributed by atoms with Crippen molar-refractivity contribution < 1.29 is 14.7 Å². The van der Waals surface area contributed by atoms with Crippen molar-refractivity contribution in [3.63, 3.8) is 0 Å². The lowest BCUT2D eigenvalue weighted by molar-refractivity contribution is -0.123. The normalized spacial score (nSPS) is 10.9. The molecule has 26 heavy (non-hydrogen) atoms. The average molecular weight is 355 g/mol. The predicted octanol–water partition coefficient (Wildman–Crippen LogP) is 5.39. The van der Waals surface area contributed by atoms with Crippen molar-refractivity contribution >= 4 is 11.6 Å². The standard InChI is InChI=1S/C22H29NO3/c1-6-17-11-12-20(16(5)13-17)26-14-18-9-8-10-19(15(3)4)22(18)23(25)21(24)7-2/h8-13,15,25H,6-7,14H2,1-5H3. The molecule has 0 aliphatic carbocycles. The Kier molecular flexibility index (Phi) is 6.81. The largest absolute Gasteiger partial charge is 0.489 e. The van der Waals surface area contributed by atoms with Crippen molar-refractivity contribution in [3.05, 3.63) is 58.7 Å². The lowest BCUT2D eigenvalue weighted by Crippen LogP contribution is -2.28. The second-order valence-electron chi connectivity index (χ2n) is 6.81. The van der Waals surface area contributed by atoms with Crippen molar-refractivity contribution in [2.75, 3.05) is 5.06 Å². The highest BCUT2D eigenvalue weighted by atomic mass is 16.5. The molecule has 0 radical (unpaired) electrons. The van der Waals surface area contributed by atoms with Gasteiger partial charge in [-0.05, 0) is 42.0 Å². The molecule has 0 heterocycles. The van der Waals surface area contributed by atoms with Crippen LogP contribution in [0.2, 0.25) is 0 Å². The third-order valence-corrected chi connectivity index (χ3v) is 4.55. The Balaban J connectivity index is 2.34. The second kappa shape index (κ2) is 8.86. The Labute approximate surface area is 156 Å². The molecule has 0 unspecified atom stereocenters. The zero-order valence-corrected chi connectivity index (χ0v) is 16.4. The van der Waals surface area contributed by atoms with Gasteiger partial charge in [-0.25, -0.2) is 0 Å². The maximum atomic E-state index is 12.1. The summed E-state index contributed by atoms with van der Waals surface area (Å²) in [6.45, 7) is 10.3. The molecule has 0 spiro atoms. The third kappa shape index (κ3) is 4.44. The Morgan fingerprint density at radius 3 is 2.50 bits per heavy atom. The number of aryl methyl sites for hydroxylation is 2. The first kappa shape index (κ1) is 20.0. The van der Waals surface area contributed by atoms with Gasteiger partial charge in [-0.1, -0.05) is 58.0 Å². The maximum absolute atomic E-state index is 12.1.